The summed E-state index contributed by atoms with van der Waals surface area (Å²) in [5.74, 6) is 1.82. The first-order chi connectivity index (χ1) is 11.9. The molecule has 0 radical (unpaired) electrons. The molecule has 2 heterocycles. The lowest BCUT2D eigenvalue weighted by molar-refractivity contribution is -0.262. The van der Waals surface area contributed by atoms with E-state index in [1.54, 1.807) is 0 Å². The van der Waals surface area contributed by atoms with Gasteiger partial charge in [0.15, 0.2) is 0 Å². The molecular weight excluding hydrogens is 316 g/mol. The van der Waals surface area contributed by atoms with E-state index in [9.17, 15) is 4.79 Å². The van der Waals surface area contributed by atoms with Crippen molar-refractivity contribution in [3.8, 4) is 5.75 Å². The lowest BCUT2D eigenvalue weighted by atomic mass is 9.50. The van der Waals surface area contributed by atoms with E-state index in [0.29, 0.717) is 31.5 Å². The van der Waals surface area contributed by atoms with Crippen LogP contribution in [-0.4, -0.2) is 24.8 Å². The highest BCUT2D eigenvalue weighted by Crippen LogP contribution is 2.63. The Kier molecular flexibility index (Phi) is 3.87. The molecule has 2 fully saturated rings. The summed E-state index contributed by atoms with van der Waals surface area (Å²) in [6, 6.07) is 8.24. The van der Waals surface area contributed by atoms with Gasteiger partial charge in [-0.25, -0.2) is 0 Å². The molecule has 136 valence electrons. The molecule has 1 aromatic rings. The average molecular weight is 344 g/mol. The smallest absolute Gasteiger partial charge is 0.305 e. The summed E-state index contributed by atoms with van der Waals surface area (Å²) in [5.41, 5.74) is 0.794. The second kappa shape index (κ2) is 5.73. The van der Waals surface area contributed by atoms with Gasteiger partial charge in [0.05, 0.1) is 19.3 Å². The minimum atomic E-state index is -0.240. The van der Waals surface area contributed by atoms with Crippen molar-refractivity contribution in [2.75, 3.05) is 13.2 Å². The van der Waals surface area contributed by atoms with Crippen LogP contribution >= 0.6 is 0 Å². The molecule has 1 saturated carbocycles. The van der Waals surface area contributed by atoms with Crippen molar-refractivity contribution >= 4 is 5.97 Å². The van der Waals surface area contributed by atoms with E-state index in [1.807, 2.05) is 13.0 Å². The Morgan fingerprint density at radius 1 is 1.32 bits per heavy atom. The molecule has 1 saturated heterocycles. The number of carbonyl (C=O) groups excluding carboxylic acids is 1. The van der Waals surface area contributed by atoms with Crippen molar-refractivity contribution in [1.29, 1.82) is 0 Å². The highest BCUT2D eigenvalue weighted by molar-refractivity contribution is 5.68. The quantitative estimate of drug-likeness (QED) is 0.773. The first-order valence-corrected chi connectivity index (χ1v) is 9.46. The van der Waals surface area contributed by atoms with Crippen LogP contribution in [0.3, 0.4) is 0 Å². The van der Waals surface area contributed by atoms with Gasteiger partial charge in [-0.2, -0.15) is 0 Å². The minimum Gasteiger partial charge on any atom is -0.487 e. The van der Waals surface area contributed by atoms with Crippen LogP contribution in [0.25, 0.3) is 0 Å². The van der Waals surface area contributed by atoms with Gasteiger partial charge in [0.25, 0.3) is 0 Å². The number of para-hydroxylation sites is 1. The Balaban J connectivity index is 1.72. The molecule has 0 aromatic heterocycles. The topological polar surface area (TPSA) is 44.8 Å². The molecule has 4 rings (SSSR count). The van der Waals surface area contributed by atoms with E-state index in [-0.39, 0.29) is 29.0 Å². The first-order valence-electron chi connectivity index (χ1n) is 9.46. The molecular formula is C21H28O4. The number of benzene rings is 1. The van der Waals surface area contributed by atoms with Crippen LogP contribution < -0.4 is 4.74 Å². The average Bonchev–Trinajstić information content (AvgIpc) is 2.59. The Bertz CT molecular complexity index is 686. The molecule has 1 aromatic carbocycles. The number of carbonyl (C=O) groups is 1. The normalized spacial score (nSPS) is 41.4. The fourth-order valence-electron chi connectivity index (χ4n) is 5.57. The van der Waals surface area contributed by atoms with E-state index in [4.69, 9.17) is 14.2 Å². The molecule has 4 nitrogen and oxygen atoms in total. The van der Waals surface area contributed by atoms with Crippen LogP contribution in [0.1, 0.15) is 52.2 Å². The summed E-state index contributed by atoms with van der Waals surface area (Å²) in [5, 5.41) is 0. The van der Waals surface area contributed by atoms with Gasteiger partial charge < -0.3 is 14.2 Å². The van der Waals surface area contributed by atoms with E-state index in [1.165, 1.54) is 0 Å². The zero-order chi connectivity index (χ0) is 17.8. The molecule has 0 amide bonds. The fourth-order valence-corrected chi connectivity index (χ4v) is 5.57. The second-order valence-electron chi connectivity index (χ2n) is 8.35. The summed E-state index contributed by atoms with van der Waals surface area (Å²) in [4.78, 5) is 11.8. The Hall–Kier alpha value is -1.55. The number of esters is 1. The van der Waals surface area contributed by atoms with Crippen LogP contribution in [0.15, 0.2) is 24.3 Å². The SMILES string of the molecule is CCC(=O)OC[C@@]12CO[C@H]3c4ccccc4O[C@](C)(C[C@@H]1C)[C@@H]3[C@@H]2C. The molecule has 2 aliphatic heterocycles. The predicted octanol–water partition coefficient (Wildman–Crippen LogP) is 4.14. The van der Waals surface area contributed by atoms with Crippen LogP contribution in [-0.2, 0) is 14.3 Å². The van der Waals surface area contributed by atoms with E-state index in [0.717, 1.165) is 17.7 Å². The zero-order valence-electron chi connectivity index (χ0n) is 15.6. The molecule has 0 N–H and O–H groups in total. The van der Waals surface area contributed by atoms with Crippen LogP contribution in [0.2, 0.25) is 0 Å². The van der Waals surface area contributed by atoms with Crippen molar-refractivity contribution < 1.29 is 19.0 Å². The second-order valence-corrected chi connectivity index (χ2v) is 8.35. The van der Waals surface area contributed by atoms with Crippen molar-refractivity contribution in [2.24, 2.45) is 23.2 Å². The molecule has 2 bridgehead atoms. The number of rotatable bonds is 3. The maximum atomic E-state index is 11.8. The van der Waals surface area contributed by atoms with Gasteiger partial charge in [0.1, 0.15) is 11.4 Å². The first kappa shape index (κ1) is 16.9. The monoisotopic (exact) mass is 344 g/mol. The fraction of sp³-hybridized carbons (Fsp3) is 0.667. The number of fused-ring (bicyclic) bond motifs is 3. The Morgan fingerprint density at radius 3 is 2.84 bits per heavy atom. The van der Waals surface area contributed by atoms with Gasteiger partial charge in [0, 0.05) is 23.3 Å². The van der Waals surface area contributed by atoms with E-state index < -0.39 is 0 Å². The third-order valence-corrected chi connectivity index (χ3v) is 7.06. The van der Waals surface area contributed by atoms with Crippen molar-refractivity contribution in [3.63, 3.8) is 0 Å². The van der Waals surface area contributed by atoms with E-state index in [2.05, 4.69) is 39.0 Å². The largest absolute Gasteiger partial charge is 0.487 e. The van der Waals surface area contributed by atoms with Crippen molar-refractivity contribution in [2.45, 2.75) is 52.2 Å². The van der Waals surface area contributed by atoms with Gasteiger partial charge in [0.2, 0.25) is 0 Å². The van der Waals surface area contributed by atoms with Crippen LogP contribution in [0.5, 0.6) is 5.75 Å². The lowest BCUT2D eigenvalue weighted by Crippen LogP contribution is -2.66. The lowest BCUT2D eigenvalue weighted by Gasteiger charge is -2.63. The zero-order valence-corrected chi connectivity index (χ0v) is 15.6. The number of hydrogen-bond acceptors (Lipinski definition) is 4. The summed E-state index contributed by atoms with van der Waals surface area (Å²) in [7, 11) is 0. The van der Waals surface area contributed by atoms with Crippen LogP contribution in [0, 0.1) is 23.2 Å². The summed E-state index contributed by atoms with van der Waals surface area (Å²) in [6.45, 7) is 9.70. The minimum absolute atomic E-state index is 0.0625. The Morgan fingerprint density at radius 2 is 2.08 bits per heavy atom. The molecule has 4 heteroatoms. The standard InChI is InChI=1S/C21H28O4/c1-5-17(22)23-11-21-12-24-19-15-8-6-7-9-16(15)25-20(4,10-13(21)2)18(19)14(21)3/h6-9,13-14,18-19H,5,10-12H2,1-4H3/t13-,14-,18+,19-,20+,21+/m0/s1. The van der Waals surface area contributed by atoms with Gasteiger partial charge in [-0.15, -0.1) is 0 Å². The third kappa shape index (κ3) is 2.33. The molecule has 6 atom stereocenters. The highest BCUT2D eigenvalue weighted by atomic mass is 16.5. The molecule has 25 heavy (non-hydrogen) atoms. The maximum absolute atomic E-state index is 11.8. The van der Waals surface area contributed by atoms with Gasteiger partial charge in [-0.05, 0) is 31.2 Å². The molecule has 0 spiro atoms. The molecule has 3 aliphatic rings. The molecule has 0 unspecified atom stereocenters. The van der Waals surface area contributed by atoms with Gasteiger partial charge in [-0.1, -0.05) is 39.0 Å². The van der Waals surface area contributed by atoms with Gasteiger partial charge in [-0.3, -0.25) is 4.79 Å². The number of hydrogen-bond donors (Lipinski definition) is 0. The third-order valence-electron chi connectivity index (χ3n) is 7.06. The Labute approximate surface area is 149 Å². The maximum Gasteiger partial charge on any atom is 0.305 e. The number of ether oxygens (including phenoxy) is 3. The van der Waals surface area contributed by atoms with Crippen LogP contribution in [0.4, 0.5) is 0 Å². The highest BCUT2D eigenvalue weighted by Gasteiger charge is 2.64. The van der Waals surface area contributed by atoms with Crippen molar-refractivity contribution in [3.05, 3.63) is 29.8 Å². The molecule has 1 aliphatic carbocycles. The summed E-state index contributed by atoms with van der Waals surface area (Å²) in [6.07, 6.45) is 1.44. The van der Waals surface area contributed by atoms with Crippen molar-refractivity contribution in [1.82, 2.24) is 0 Å². The van der Waals surface area contributed by atoms with Gasteiger partial charge >= 0.3 is 5.97 Å². The summed E-state index contributed by atoms with van der Waals surface area (Å²) >= 11 is 0. The summed E-state index contributed by atoms with van der Waals surface area (Å²) < 4.78 is 18.6. The predicted molar refractivity (Wildman–Crippen MR) is 94.3 cm³/mol. The van der Waals surface area contributed by atoms with E-state index >= 15 is 0 Å².